The Morgan fingerprint density at radius 1 is 0.885 bits per heavy atom. The number of nitrogens with zero attached hydrogens (tertiary/aromatic N) is 2. The maximum Gasteiger partial charge on any atom is 0.326 e. The fourth-order valence-electron chi connectivity index (χ4n) is 6.04. The van der Waals surface area contributed by atoms with E-state index in [9.17, 15) is 63.6 Å². The first kappa shape index (κ1) is 49.5. The first-order valence-electron chi connectivity index (χ1n) is 18.9. The van der Waals surface area contributed by atoms with Crippen molar-refractivity contribution in [1.29, 1.82) is 0 Å². The van der Waals surface area contributed by atoms with Crippen molar-refractivity contribution in [3.63, 3.8) is 0 Å². The Kier molecular flexibility index (Phi) is 19.8. The molecular formula is C35H51N11O13S2. The number of aliphatic imine (C=N–C) groups is 1. The molecule has 0 saturated carbocycles. The highest BCUT2D eigenvalue weighted by Gasteiger charge is 2.40. The molecule has 0 spiro atoms. The number of benzene rings is 1. The lowest BCUT2D eigenvalue weighted by Gasteiger charge is -2.30. The molecule has 1 aromatic carbocycles. The molecule has 61 heavy (non-hydrogen) atoms. The summed E-state index contributed by atoms with van der Waals surface area (Å²) >= 11 is 0. The predicted molar refractivity (Wildman–Crippen MR) is 219 cm³/mol. The van der Waals surface area contributed by atoms with Gasteiger partial charge in [-0.05, 0) is 43.4 Å². The van der Waals surface area contributed by atoms with Crippen LogP contribution in [0.4, 0.5) is 0 Å². The number of phenols is 1. The third-order valence-electron chi connectivity index (χ3n) is 9.19. The number of carboxylic acid groups (broad SMARTS) is 2. The zero-order chi connectivity index (χ0) is 45.2. The molecule has 7 atom stereocenters. The zero-order valence-corrected chi connectivity index (χ0v) is 34.4. The van der Waals surface area contributed by atoms with E-state index in [-0.39, 0.29) is 68.4 Å². The topological polar surface area (TPSA) is 400 Å². The number of phenolic OH excluding ortho intramolecular Hbond substituents is 1. The van der Waals surface area contributed by atoms with Gasteiger partial charge in [0, 0.05) is 31.0 Å². The maximum atomic E-state index is 13.8. The van der Waals surface area contributed by atoms with Gasteiger partial charge in [-0.15, -0.1) is 0 Å². The molecule has 0 unspecified atom stereocenters. The Hall–Kier alpha value is -5.86. The Morgan fingerprint density at radius 3 is 2.20 bits per heavy atom. The van der Waals surface area contributed by atoms with E-state index in [0.29, 0.717) is 5.56 Å². The highest BCUT2D eigenvalue weighted by atomic mass is 33.1. The monoisotopic (exact) mass is 897 g/mol. The predicted octanol–water partition coefficient (Wildman–Crippen LogP) is -5.21. The summed E-state index contributed by atoms with van der Waals surface area (Å²) in [7, 11) is 2.01. The minimum Gasteiger partial charge on any atom is -0.508 e. The molecule has 7 amide bonds. The van der Waals surface area contributed by atoms with Gasteiger partial charge in [0.1, 0.15) is 42.0 Å². The Bertz CT molecular complexity index is 1800. The number of rotatable bonds is 12. The van der Waals surface area contributed by atoms with E-state index >= 15 is 0 Å². The highest BCUT2D eigenvalue weighted by Crippen LogP contribution is 2.24. The fraction of sp³-hybridized carbons (Fsp3) is 0.543. The van der Waals surface area contributed by atoms with Gasteiger partial charge in [0.2, 0.25) is 41.4 Å². The highest BCUT2D eigenvalue weighted by molar-refractivity contribution is 8.76. The largest absolute Gasteiger partial charge is 0.508 e. The summed E-state index contributed by atoms with van der Waals surface area (Å²) < 4.78 is 0. The normalized spacial score (nSPS) is 24.4. The number of hydrogen-bond acceptors (Lipinski definition) is 15. The molecule has 0 aliphatic carbocycles. The van der Waals surface area contributed by atoms with Crippen LogP contribution in [0.25, 0.3) is 0 Å². The van der Waals surface area contributed by atoms with Gasteiger partial charge >= 0.3 is 11.9 Å². The number of carbonyl (C=O) groups is 9. The molecule has 24 nitrogen and oxygen atoms in total. The minimum absolute atomic E-state index is 0.0251. The van der Waals surface area contributed by atoms with Crippen molar-refractivity contribution in [3.8, 4) is 5.75 Å². The second-order valence-corrected chi connectivity index (χ2v) is 16.4. The lowest BCUT2D eigenvalue weighted by atomic mass is 10.1. The van der Waals surface area contributed by atoms with Gasteiger partial charge in [-0.2, -0.15) is 0 Å². The SMILES string of the molecule is NC(N)=NCCC[C@@H]1NC(=O)[C@@H](N)CSSC[C@@H](C(=O)N[C@@H](Cc2ccc(O)cc2)C(=O)O)NC(=O)[C@@H]2CCCN2C(=O)[C@H](CO)NC(=O)[C@H](CC(=O)O)NC(=O)CNC1=O. The van der Waals surface area contributed by atoms with Crippen LogP contribution in [0.2, 0.25) is 0 Å². The number of guanidine groups is 1. The number of amides is 7. The van der Waals surface area contributed by atoms with Gasteiger partial charge in [0.25, 0.3) is 0 Å². The summed E-state index contributed by atoms with van der Waals surface area (Å²) in [5, 5.41) is 53.3. The summed E-state index contributed by atoms with van der Waals surface area (Å²) in [6.07, 6.45) is -0.669. The van der Waals surface area contributed by atoms with E-state index in [1.165, 1.54) is 24.3 Å². The first-order chi connectivity index (χ1) is 28.9. The molecule has 2 heterocycles. The number of fused-ring (bicyclic) bond motifs is 1. The average molecular weight is 898 g/mol. The summed E-state index contributed by atoms with van der Waals surface area (Å²) in [5.74, 6) is -10.1. The van der Waals surface area contributed by atoms with Crippen molar-refractivity contribution >= 4 is 80.8 Å². The molecule has 1 aromatic rings. The number of aliphatic hydroxyl groups is 1. The first-order valence-corrected chi connectivity index (χ1v) is 21.4. The van der Waals surface area contributed by atoms with E-state index in [1.807, 2.05) is 0 Å². The molecular weight excluding hydrogens is 847 g/mol. The van der Waals surface area contributed by atoms with E-state index in [1.54, 1.807) is 0 Å². The standard InChI is InChI=1S/C35H51N11O13S2/c36-19-15-60-61-16-24(31(55)43-22(34(58)59)11-17-5-7-18(48)8-6-17)45-32(56)25-4-2-10-46(25)33(57)23(14-47)44-30(54)21(12-27(50)51)41-26(49)13-40-29(53)20(42-28(19)52)3-1-9-39-35(37)38/h5-8,19-25,47-48H,1-4,9-16,36H2,(H,40,53)(H,41,49)(H,42,52)(H,43,55)(H,44,54)(H,45,56)(H,50,51)(H,58,59)(H4,37,38,39)/t19-,20-,21-,22-,23-,24-,25-/m0/s1. The van der Waals surface area contributed by atoms with Crippen molar-refractivity contribution in [2.75, 3.05) is 37.7 Å². The van der Waals surface area contributed by atoms with Gasteiger partial charge in [0.15, 0.2) is 5.96 Å². The molecule has 0 radical (unpaired) electrons. The quantitative estimate of drug-likeness (QED) is 0.0403. The average Bonchev–Trinajstić information content (AvgIpc) is 3.70. The van der Waals surface area contributed by atoms with Crippen molar-refractivity contribution < 1.29 is 63.6 Å². The number of hydrogen-bond donors (Lipinski definition) is 13. The zero-order valence-electron chi connectivity index (χ0n) is 32.7. The molecule has 2 fully saturated rings. The molecule has 0 bridgehead atoms. The van der Waals surface area contributed by atoms with Crippen molar-refractivity contribution in [2.24, 2.45) is 22.2 Å². The Balaban J connectivity index is 1.93. The number of nitrogens with one attached hydrogen (secondary N) is 6. The summed E-state index contributed by atoms with van der Waals surface area (Å²) in [5.41, 5.74) is 17.3. The summed E-state index contributed by atoms with van der Waals surface area (Å²) in [6, 6.07) is -4.59. The number of nitrogens with two attached hydrogens (primary N) is 3. The summed E-state index contributed by atoms with van der Waals surface area (Å²) in [6.45, 7) is -1.75. The van der Waals surface area contributed by atoms with E-state index in [2.05, 4.69) is 36.9 Å². The Labute approximate surface area is 356 Å². The molecule has 3 rings (SSSR count). The molecule has 2 saturated heterocycles. The summed E-state index contributed by atoms with van der Waals surface area (Å²) in [4.78, 5) is 122. The van der Waals surface area contributed by atoms with Crippen LogP contribution < -0.4 is 49.1 Å². The smallest absolute Gasteiger partial charge is 0.326 e. The molecule has 26 heteroatoms. The third kappa shape index (κ3) is 16.3. The van der Waals surface area contributed by atoms with Crippen LogP contribution in [0, 0.1) is 0 Å². The molecule has 2 aliphatic rings. The van der Waals surface area contributed by atoms with Crippen molar-refractivity contribution in [1.82, 2.24) is 36.8 Å². The van der Waals surface area contributed by atoms with Crippen LogP contribution in [0.3, 0.4) is 0 Å². The van der Waals surface area contributed by atoms with Crippen LogP contribution in [-0.4, -0.2) is 165 Å². The van der Waals surface area contributed by atoms with Crippen LogP contribution in [-0.2, 0) is 49.6 Å². The van der Waals surface area contributed by atoms with Gasteiger partial charge in [-0.25, -0.2) is 4.79 Å². The fourth-order valence-corrected chi connectivity index (χ4v) is 8.32. The van der Waals surface area contributed by atoms with Crippen LogP contribution in [0.5, 0.6) is 5.75 Å². The van der Waals surface area contributed by atoms with Gasteiger partial charge < -0.3 is 74.4 Å². The van der Waals surface area contributed by atoms with Crippen LogP contribution in [0.15, 0.2) is 29.3 Å². The number of carboxylic acids is 2. The molecule has 2 aliphatic heterocycles. The van der Waals surface area contributed by atoms with E-state index < -0.39 is 115 Å². The van der Waals surface area contributed by atoms with E-state index in [4.69, 9.17) is 17.2 Å². The number of aliphatic hydroxyl groups excluding tert-OH is 1. The molecule has 16 N–H and O–H groups in total. The number of aliphatic carboxylic acids is 2. The van der Waals surface area contributed by atoms with Crippen molar-refractivity contribution in [2.45, 2.75) is 80.8 Å². The maximum absolute atomic E-state index is 13.8. The van der Waals surface area contributed by atoms with Gasteiger partial charge in [-0.1, -0.05) is 33.7 Å². The Morgan fingerprint density at radius 2 is 1.56 bits per heavy atom. The van der Waals surface area contributed by atoms with Crippen LogP contribution >= 0.6 is 21.6 Å². The van der Waals surface area contributed by atoms with Crippen molar-refractivity contribution in [3.05, 3.63) is 29.8 Å². The lowest BCUT2D eigenvalue weighted by Crippen LogP contribution is -2.60. The number of aromatic hydroxyl groups is 1. The molecule has 336 valence electrons. The number of carbonyl (C=O) groups excluding carboxylic acids is 7. The van der Waals surface area contributed by atoms with Gasteiger partial charge in [0.05, 0.1) is 25.6 Å². The second kappa shape index (κ2) is 24.4. The van der Waals surface area contributed by atoms with E-state index in [0.717, 1.165) is 26.5 Å². The third-order valence-corrected chi connectivity index (χ3v) is 11.6. The minimum atomic E-state index is -1.81. The lowest BCUT2D eigenvalue weighted by molar-refractivity contribution is -0.144. The second-order valence-electron chi connectivity index (χ2n) is 13.9. The molecule has 0 aromatic heterocycles. The van der Waals surface area contributed by atoms with Crippen LogP contribution in [0.1, 0.15) is 37.7 Å². The van der Waals surface area contributed by atoms with Gasteiger partial charge in [-0.3, -0.25) is 43.3 Å².